The summed E-state index contributed by atoms with van der Waals surface area (Å²) >= 11 is 0. The molecule has 0 aromatic heterocycles. The molecular weight excluding hydrogens is 196 g/mol. The lowest BCUT2D eigenvalue weighted by atomic mass is 9.85. The van der Waals surface area contributed by atoms with Crippen LogP contribution in [0, 0.1) is 5.41 Å². The highest BCUT2D eigenvalue weighted by Crippen LogP contribution is 2.24. The van der Waals surface area contributed by atoms with Gasteiger partial charge < -0.3 is 10.2 Å². The van der Waals surface area contributed by atoms with Crippen molar-refractivity contribution >= 4 is 0 Å². The summed E-state index contributed by atoms with van der Waals surface area (Å²) < 4.78 is 0. The van der Waals surface area contributed by atoms with Gasteiger partial charge in [0.05, 0.1) is 0 Å². The SMILES string of the molecule is CNC(CN(C)C1CCCCC1)C(C)(C)C. The summed E-state index contributed by atoms with van der Waals surface area (Å²) in [7, 11) is 4.39. The smallest absolute Gasteiger partial charge is 0.0240 e. The van der Waals surface area contributed by atoms with Crippen molar-refractivity contribution in [2.45, 2.75) is 65.0 Å². The van der Waals surface area contributed by atoms with Crippen LogP contribution in [-0.4, -0.2) is 37.6 Å². The van der Waals surface area contributed by atoms with Gasteiger partial charge in [-0.1, -0.05) is 40.0 Å². The van der Waals surface area contributed by atoms with Crippen LogP contribution < -0.4 is 5.32 Å². The van der Waals surface area contributed by atoms with E-state index in [1.165, 1.54) is 38.6 Å². The summed E-state index contributed by atoms with van der Waals surface area (Å²) in [6.07, 6.45) is 7.09. The Kier molecular flexibility index (Phi) is 5.26. The molecule has 1 aliphatic rings. The molecule has 1 unspecified atom stereocenters. The molecule has 0 bridgehead atoms. The monoisotopic (exact) mass is 226 g/mol. The van der Waals surface area contributed by atoms with Gasteiger partial charge in [-0.05, 0) is 32.4 Å². The van der Waals surface area contributed by atoms with Crippen LogP contribution in [0.3, 0.4) is 0 Å². The van der Waals surface area contributed by atoms with Gasteiger partial charge in [0.2, 0.25) is 0 Å². The summed E-state index contributed by atoms with van der Waals surface area (Å²) in [4.78, 5) is 2.57. The van der Waals surface area contributed by atoms with Gasteiger partial charge in [0.1, 0.15) is 0 Å². The number of rotatable bonds is 4. The van der Waals surface area contributed by atoms with E-state index in [9.17, 15) is 0 Å². The van der Waals surface area contributed by atoms with E-state index in [1.54, 1.807) is 0 Å². The van der Waals surface area contributed by atoms with Crippen molar-refractivity contribution in [3.63, 3.8) is 0 Å². The first-order chi connectivity index (χ1) is 7.45. The molecule has 0 aromatic rings. The Balaban J connectivity index is 2.44. The second-order valence-electron chi connectivity index (χ2n) is 6.44. The molecular formula is C14H30N2. The van der Waals surface area contributed by atoms with Crippen LogP contribution in [0.1, 0.15) is 52.9 Å². The standard InChI is InChI=1S/C14H30N2/c1-14(2,3)13(15-4)11-16(5)12-9-7-6-8-10-12/h12-13,15H,6-11H2,1-5H3. The minimum atomic E-state index is 0.345. The Labute approximate surface area is 102 Å². The molecule has 2 nitrogen and oxygen atoms in total. The topological polar surface area (TPSA) is 15.3 Å². The molecule has 0 saturated heterocycles. The van der Waals surface area contributed by atoms with Crippen LogP contribution >= 0.6 is 0 Å². The molecule has 1 N–H and O–H groups in total. The van der Waals surface area contributed by atoms with E-state index in [0.29, 0.717) is 11.5 Å². The first-order valence-electron chi connectivity index (χ1n) is 6.82. The van der Waals surface area contributed by atoms with E-state index in [-0.39, 0.29) is 0 Å². The van der Waals surface area contributed by atoms with Crippen molar-refractivity contribution in [2.24, 2.45) is 5.41 Å². The van der Waals surface area contributed by atoms with E-state index in [0.717, 1.165) is 6.04 Å². The number of hydrogen-bond donors (Lipinski definition) is 1. The van der Waals surface area contributed by atoms with Gasteiger partial charge in [-0.3, -0.25) is 0 Å². The lowest BCUT2D eigenvalue weighted by molar-refractivity contribution is 0.140. The highest BCUT2D eigenvalue weighted by atomic mass is 15.2. The van der Waals surface area contributed by atoms with Crippen molar-refractivity contribution in [3.8, 4) is 0 Å². The van der Waals surface area contributed by atoms with Gasteiger partial charge in [-0.2, -0.15) is 0 Å². The van der Waals surface area contributed by atoms with E-state index < -0.39 is 0 Å². The van der Waals surface area contributed by atoms with Crippen LogP contribution in [-0.2, 0) is 0 Å². The molecule has 0 heterocycles. The van der Waals surface area contributed by atoms with Gasteiger partial charge in [0.15, 0.2) is 0 Å². The zero-order valence-corrected chi connectivity index (χ0v) is 11.8. The number of nitrogens with one attached hydrogen (secondary N) is 1. The molecule has 16 heavy (non-hydrogen) atoms. The number of hydrogen-bond acceptors (Lipinski definition) is 2. The minimum Gasteiger partial charge on any atom is -0.315 e. The summed E-state index contributed by atoms with van der Waals surface area (Å²) in [6, 6.07) is 1.41. The Morgan fingerprint density at radius 3 is 2.19 bits per heavy atom. The molecule has 2 heteroatoms. The zero-order chi connectivity index (χ0) is 12.2. The van der Waals surface area contributed by atoms with Crippen molar-refractivity contribution < 1.29 is 0 Å². The van der Waals surface area contributed by atoms with Gasteiger partial charge in [0.25, 0.3) is 0 Å². The first-order valence-corrected chi connectivity index (χ1v) is 6.82. The normalized spacial score (nSPS) is 21.4. The van der Waals surface area contributed by atoms with Gasteiger partial charge in [-0.25, -0.2) is 0 Å². The molecule has 1 saturated carbocycles. The van der Waals surface area contributed by atoms with E-state index >= 15 is 0 Å². The van der Waals surface area contributed by atoms with Crippen molar-refractivity contribution in [1.29, 1.82) is 0 Å². The zero-order valence-electron chi connectivity index (χ0n) is 11.8. The minimum absolute atomic E-state index is 0.345. The number of likely N-dealkylation sites (N-methyl/N-ethyl adjacent to an activating group) is 2. The van der Waals surface area contributed by atoms with E-state index in [2.05, 4.69) is 45.1 Å². The lowest BCUT2D eigenvalue weighted by Gasteiger charge is -2.38. The molecule has 0 amide bonds. The fraction of sp³-hybridized carbons (Fsp3) is 1.00. The van der Waals surface area contributed by atoms with E-state index in [1.807, 2.05) is 0 Å². The average molecular weight is 226 g/mol. The van der Waals surface area contributed by atoms with Gasteiger partial charge in [0, 0.05) is 18.6 Å². The van der Waals surface area contributed by atoms with Crippen molar-refractivity contribution in [1.82, 2.24) is 10.2 Å². The molecule has 0 aromatic carbocycles. The third kappa shape index (κ3) is 4.06. The maximum Gasteiger partial charge on any atom is 0.0240 e. The molecule has 1 atom stereocenters. The van der Waals surface area contributed by atoms with Crippen LogP contribution in [0.4, 0.5) is 0 Å². The summed E-state index contributed by atoms with van der Waals surface area (Å²) in [5, 5.41) is 3.47. The maximum absolute atomic E-state index is 3.47. The molecule has 0 aliphatic heterocycles. The summed E-state index contributed by atoms with van der Waals surface area (Å²) in [6.45, 7) is 8.14. The molecule has 1 rings (SSSR count). The quantitative estimate of drug-likeness (QED) is 0.793. The van der Waals surface area contributed by atoms with Crippen LogP contribution in [0.25, 0.3) is 0 Å². The molecule has 0 radical (unpaired) electrons. The fourth-order valence-electron chi connectivity index (χ4n) is 2.76. The van der Waals surface area contributed by atoms with Crippen molar-refractivity contribution in [3.05, 3.63) is 0 Å². The predicted molar refractivity (Wildman–Crippen MR) is 71.8 cm³/mol. The first kappa shape index (κ1) is 14.0. The molecule has 1 fully saturated rings. The summed E-state index contributed by atoms with van der Waals surface area (Å²) in [5.74, 6) is 0. The Hall–Kier alpha value is -0.0800. The highest BCUT2D eigenvalue weighted by Gasteiger charge is 2.27. The number of nitrogens with zero attached hydrogens (tertiary/aromatic N) is 1. The van der Waals surface area contributed by atoms with Crippen molar-refractivity contribution in [2.75, 3.05) is 20.6 Å². The second kappa shape index (κ2) is 6.02. The summed E-state index contributed by atoms with van der Waals surface area (Å²) in [5.41, 5.74) is 0.345. The van der Waals surface area contributed by atoms with Crippen LogP contribution in [0.15, 0.2) is 0 Å². The lowest BCUT2D eigenvalue weighted by Crippen LogP contribution is -2.49. The third-order valence-electron chi connectivity index (χ3n) is 4.06. The van der Waals surface area contributed by atoms with E-state index in [4.69, 9.17) is 0 Å². The molecule has 96 valence electrons. The average Bonchev–Trinajstić information content (AvgIpc) is 2.25. The Morgan fingerprint density at radius 1 is 1.19 bits per heavy atom. The Bertz CT molecular complexity index is 189. The molecule has 0 spiro atoms. The van der Waals surface area contributed by atoms with Gasteiger partial charge >= 0.3 is 0 Å². The van der Waals surface area contributed by atoms with Crippen LogP contribution in [0.5, 0.6) is 0 Å². The largest absolute Gasteiger partial charge is 0.315 e. The second-order valence-corrected chi connectivity index (χ2v) is 6.44. The third-order valence-corrected chi connectivity index (χ3v) is 4.06. The predicted octanol–water partition coefficient (Wildman–Crippen LogP) is 2.89. The maximum atomic E-state index is 3.47. The Morgan fingerprint density at radius 2 is 1.75 bits per heavy atom. The molecule has 1 aliphatic carbocycles. The van der Waals surface area contributed by atoms with Crippen LogP contribution in [0.2, 0.25) is 0 Å². The highest BCUT2D eigenvalue weighted by molar-refractivity contribution is 4.84. The fourth-order valence-corrected chi connectivity index (χ4v) is 2.76. The van der Waals surface area contributed by atoms with Gasteiger partial charge in [-0.15, -0.1) is 0 Å².